The fourth-order valence-corrected chi connectivity index (χ4v) is 2.39. The van der Waals surface area contributed by atoms with Crippen LogP contribution in [0.15, 0.2) is 18.2 Å². The van der Waals surface area contributed by atoms with Crippen LogP contribution in [0.2, 0.25) is 0 Å². The van der Waals surface area contributed by atoms with Gasteiger partial charge in [-0.3, -0.25) is 9.59 Å². The third kappa shape index (κ3) is 1.86. The summed E-state index contributed by atoms with van der Waals surface area (Å²) in [7, 11) is 0. The van der Waals surface area contributed by atoms with Crippen molar-refractivity contribution in [2.45, 2.75) is 33.1 Å². The van der Waals surface area contributed by atoms with Crippen molar-refractivity contribution in [3.63, 3.8) is 0 Å². The average molecular weight is 231 g/mol. The summed E-state index contributed by atoms with van der Waals surface area (Å²) in [5, 5.41) is 0. The van der Waals surface area contributed by atoms with E-state index in [4.69, 9.17) is 0 Å². The van der Waals surface area contributed by atoms with Gasteiger partial charge in [0.1, 0.15) is 0 Å². The second-order valence-electron chi connectivity index (χ2n) is 5.28. The van der Waals surface area contributed by atoms with E-state index in [0.717, 1.165) is 11.3 Å². The van der Waals surface area contributed by atoms with Gasteiger partial charge in [0.2, 0.25) is 5.91 Å². The number of hydrogen-bond acceptors (Lipinski definition) is 2. The first-order chi connectivity index (χ1) is 7.83. The molecule has 0 unspecified atom stereocenters. The van der Waals surface area contributed by atoms with Gasteiger partial charge in [0.15, 0.2) is 5.78 Å². The first-order valence-electron chi connectivity index (χ1n) is 5.76. The van der Waals surface area contributed by atoms with Crippen LogP contribution in [0.4, 0.5) is 5.69 Å². The van der Waals surface area contributed by atoms with Crippen LogP contribution in [0, 0.1) is 0 Å². The van der Waals surface area contributed by atoms with Gasteiger partial charge in [-0.2, -0.15) is 0 Å². The molecule has 0 aromatic heterocycles. The first kappa shape index (κ1) is 11.8. The zero-order chi connectivity index (χ0) is 12.8. The number of carbonyl (C=O) groups is 2. The van der Waals surface area contributed by atoms with Crippen LogP contribution in [0.5, 0.6) is 0 Å². The van der Waals surface area contributed by atoms with E-state index in [-0.39, 0.29) is 17.1 Å². The Morgan fingerprint density at radius 3 is 2.41 bits per heavy atom. The zero-order valence-electron chi connectivity index (χ0n) is 10.7. The highest BCUT2D eigenvalue weighted by Gasteiger charge is 2.36. The molecule has 17 heavy (non-hydrogen) atoms. The van der Waals surface area contributed by atoms with Gasteiger partial charge in [0.25, 0.3) is 0 Å². The van der Waals surface area contributed by atoms with E-state index in [2.05, 4.69) is 13.8 Å². The number of rotatable bonds is 1. The number of benzene rings is 1. The Labute approximate surface area is 101 Å². The average Bonchev–Trinajstić information content (AvgIpc) is 2.50. The smallest absolute Gasteiger partial charge is 0.223 e. The van der Waals surface area contributed by atoms with E-state index >= 15 is 0 Å². The molecule has 2 rings (SSSR count). The summed E-state index contributed by atoms with van der Waals surface area (Å²) in [6.07, 6.45) is 0. The summed E-state index contributed by atoms with van der Waals surface area (Å²) in [6, 6.07) is 5.63. The molecule has 1 amide bonds. The lowest BCUT2D eigenvalue weighted by Gasteiger charge is -2.19. The highest BCUT2D eigenvalue weighted by molar-refractivity contribution is 5.99. The number of fused-ring (bicyclic) bond motifs is 1. The molecule has 1 aromatic rings. The largest absolute Gasteiger partial charge is 0.311 e. The predicted molar refractivity (Wildman–Crippen MR) is 67.5 cm³/mol. The van der Waals surface area contributed by atoms with Crippen molar-refractivity contribution in [3.8, 4) is 0 Å². The summed E-state index contributed by atoms with van der Waals surface area (Å²) in [5.74, 6) is 0.0542. The quantitative estimate of drug-likeness (QED) is 0.696. The Bertz CT molecular complexity index is 503. The Kier molecular flexibility index (Phi) is 2.57. The minimum Gasteiger partial charge on any atom is -0.311 e. The molecule has 0 radical (unpaired) electrons. The summed E-state index contributed by atoms with van der Waals surface area (Å²) in [5.41, 5.74) is 2.64. The van der Waals surface area contributed by atoms with Crippen molar-refractivity contribution < 1.29 is 9.59 Å². The molecule has 0 atom stereocenters. The lowest BCUT2D eigenvalue weighted by Crippen LogP contribution is -2.32. The zero-order valence-corrected chi connectivity index (χ0v) is 10.7. The molecule has 1 aliphatic heterocycles. The van der Waals surface area contributed by atoms with Crippen molar-refractivity contribution in [2.24, 2.45) is 0 Å². The Balaban J connectivity index is 2.58. The van der Waals surface area contributed by atoms with Gasteiger partial charge in [0, 0.05) is 30.1 Å². The van der Waals surface area contributed by atoms with Crippen molar-refractivity contribution in [1.82, 2.24) is 0 Å². The summed E-state index contributed by atoms with van der Waals surface area (Å²) < 4.78 is 0. The second-order valence-corrected chi connectivity index (χ2v) is 5.28. The van der Waals surface area contributed by atoms with Crippen molar-refractivity contribution in [2.75, 3.05) is 11.4 Å². The molecular weight excluding hydrogens is 214 g/mol. The number of nitrogens with zero attached hydrogens (tertiary/aromatic N) is 1. The fourth-order valence-electron chi connectivity index (χ4n) is 2.39. The molecule has 1 aliphatic rings. The molecule has 0 saturated carbocycles. The van der Waals surface area contributed by atoms with E-state index in [9.17, 15) is 9.59 Å². The van der Waals surface area contributed by atoms with Gasteiger partial charge in [-0.05, 0) is 18.6 Å². The van der Waals surface area contributed by atoms with Gasteiger partial charge < -0.3 is 4.90 Å². The third-order valence-electron chi connectivity index (χ3n) is 3.36. The molecule has 0 bridgehead atoms. The monoisotopic (exact) mass is 231 g/mol. The lowest BCUT2D eigenvalue weighted by molar-refractivity contribution is -0.116. The highest BCUT2D eigenvalue weighted by atomic mass is 16.2. The Hall–Kier alpha value is -1.64. The molecule has 3 heteroatoms. The molecular formula is C14H17NO2. The van der Waals surface area contributed by atoms with Gasteiger partial charge in [-0.15, -0.1) is 0 Å². The lowest BCUT2D eigenvalue weighted by atomic mass is 9.86. The summed E-state index contributed by atoms with van der Waals surface area (Å²) in [4.78, 5) is 24.8. The normalized spacial score (nSPS) is 16.8. The van der Waals surface area contributed by atoms with Crippen molar-refractivity contribution in [1.29, 1.82) is 0 Å². The number of Topliss-reactive ketones (excluding diaryl/α,β-unsaturated/α-hetero) is 1. The number of anilines is 1. The van der Waals surface area contributed by atoms with Crippen LogP contribution in [-0.2, 0) is 10.2 Å². The molecule has 0 aliphatic carbocycles. The molecule has 1 heterocycles. The molecule has 3 nitrogen and oxygen atoms in total. The van der Waals surface area contributed by atoms with Crippen LogP contribution < -0.4 is 4.90 Å². The number of carbonyl (C=O) groups excluding carboxylic acids is 2. The molecule has 0 saturated heterocycles. The standard InChI is InChI=1S/C14H17NO2/c1-9(16)11-5-6-12-13(7-11)15(10(2)17)8-14(12,3)4/h5-7H,8H2,1-4H3. The first-order valence-corrected chi connectivity index (χ1v) is 5.76. The molecule has 1 aromatic carbocycles. The number of hydrogen-bond donors (Lipinski definition) is 0. The van der Waals surface area contributed by atoms with Crippen LogP contribution in [-0.4, -0.2) is 18.2 Å². The molecule has 0 fully saturated rings. The van der Waals surface area contributed by atoms with Crippen LogP contribution in [0.25, 0.3) is 0 Å². The van der Waals surface area contributed by atoms with E-state index in [1.165, 1.54) is 0 Å². The van der Waals surface area contributed by atoms with Crippen LogP contribution in [0.3, 0.4) is 0 Å². The molecule has 0 N–H and O–H groups in total. The van der Waals surface area contributed by atoms with E-state index in [0.29, 0.717) is 12.1 Å². The van der Waals surface area contributed by atoms with E-state index in [1.54, 1.807) is 18.7 Å². The van der Waals surface area contributed by atoms with Crippen LogP contribution in [0.1, 0.15) is 43.6 Å². The minimum absolute atomic E-state index is 0.0255. The molecule has 0 spiro atoms. The highest BCUT2D eigenvalue weighted by Crippen LogP contribution is 2.40. The predicted octanol–water partition coefficient (Wildman–Crippen LogP) is 2.53. The maximum atomic E-state index is 11.6. The maximum absolute atomic E-state index is 11.6. The third-order valence-corrected chi connectivity index (χ3v) is 3.36. The fraction of sp³-hybridized carbons (Fsp3) is 0.429. The molecule has 90 valence electrons. The maximum Gasteiger partial charge on any atom is 0.223 e. The van der Waals surface area contributed by atoms with Crippen molar-refractivity contribution in [3.05, 3.63) is 29.3 Å². The van der Waals surface area contributed by atoms with Gasteiger partial charge in [-0.25, -0.2) is 0 Å². The van der Waals surface area contributed by atoms with Gasteiger partial charge in [0.05, 0.1) is 0 Å². The summed E-state index contributed by atoms with van der Waals surface area (Å²) >= 11 is 0. The van der Waals surface area contributed by atoms with E-state index in [1.807, 2.05) is 18.2 Å². The van der Waals surface area contributed by atoms with Crippen molar-refractivity contribution >= 4 is 17.4 Å². The van der Waals surface area contributed by atoms with Crippen LogP contribution >= 0.6 is 0 Å². The number of amides is 1. The second kappa shape index (κ2) is 3.69. The van der Waals surface area contributed by atoms with Gasteiger partial charge >= 0.3 is 0 Å². The summed E-state index contributed by atoms with van der Waals surface area (Å²) in [6.45, 7) is 8.01. The number of ketones is 1. The van der Waals surface area contributed by atoms with Gasteiger partial charge in [-0.1, -0.05) is 26.0 Å². The van der Waals surface area contributed by atoms with E-state index < -0.39 is 0 Å². The topological polar surface area (TPSA) is 37.4 Å². The Morgan fingerprint density at radius 1 is 1.24 bits per heavy atom. The SMILES string of the molecule is CC(=O)c1ccc2c(c1)N(C(C)=O)CC2(C)C. The Morgan fingerprint density at radius 2 is 1.88 bits per heavy atom. The minimum atomic E-state index is -0.0453.